The number of likely N-dealkylation sites (tertiary alicyclic amines) is 1. The summed E-state index contributed by atoms with van der Waals surface area (Å²) in [5.41, 5.74) is 1.71. The minimum absolute atomic E-state index is 0.242. The first-order valence-electron chi connectivity index (χ1n) is 8.47. The van der Waals surface area contributed by atoms with Crippen molar-refractivity contribution in [2.75, 3.05) is 19.6 Å². The fourth-order valence-corrected chi connectivity index (χ4v) is 3.08. The van der Waals surface area contributed by atoms with Crippen LogP contribution in [0.2, 0.25) is 0 Å². The Bertz CT molecular complexity index is 407. The molecule has 118 valence electrons. The quantitative estimate of drug-likeness (QED) is 0.858. The zero-order valence-electron chi connectivity index (χ0n) is 14.2. The van der Waals surface area contributed by atoms with Crippen molar-refractivity contribution < 1.29 is 0 Å². The van der Waals surface area contributed by atoms with Crippen LogP contribution in [-0.2, 0) is 6.42 Å². The van der Waals surface area contributed by atoms with Gasteiger partial charge < -0.3 is 10.2 Å². The van der Waals surface area contributed by atoms with E-state index in [0.29, 0.717) is 6.04 Å². The molecular formula is C19H32N2. The van der Waals surface area contributed by atoms with Crippen molar-refractivity contribution in [1.29, 1.82) is 0 Å². The largest absolute Gasteiger partial charge is 0.312 e. The van der Waals surface area contributed by atoms with Crippen LogP contribution in [0.1, 0.15) is 46.1 Å². The van der Waals surface area contributed by atoms with E-state index in [4.69, 9.17) is 0 Å². The normalized spacial score (nSPS) is 21.6. The Morgan fingerprint density at radius 2 is 1.95 bits per heavy atom. The van der Waals surface area contributed by atoms with E-state index in [2.05, 4.69) is 68.2 Å². The molecule has 2 nitrogen and oxygen atoms in total. The topological polar surface area (TPSA) is 15.3 Å². The number of benzene rings is 1. The average Bonchev–Trinajstić information content (AvgIpc) is 2.92. The van der Waals surface area contributed by atoms with Crippen LogP contribution in [0, 0.1) is 5.92 Å². The predicted octanol–water partition coefficient (Wildman–Crippen LogP) is 3.72. The van der Waals surface area contributed by atoms with E-state index >= 15 is 0 Å². The highest BCUT2D eigenvalue weighted by atomic mass is 15.2. The molecule has 0 saturated carbocycles. The van der Waals surface area contributed by atoms with Crippen molar-refractivity contribution in [1.82, 2.24) is 10.2 Å². The Morgan fingerprint density at radius 1 is 1.24 bits per heavy atom. The SMILES string of the molecule is CC(CCc1ccccc1)N1CCC(CNC(C)(C)C)C1. The zero-order chi connectivity index (χ0) is 15.3. The van der Waals surface area contributed by atoms with Crippen molar-refractivity contribution in [2.24, 2.45) is 5.92 Å². The van der Waals surface area contributed by atoms with Gasteiger partial charge in [0.05, 0.1) is 0 Å². The molecule has 1 aromatic carbocycles. The average molecular weight is 288 g/mol. The van der Waals surface area contributed by atoms with Gasteiger partial charge in [-0.05, 0) is 71.5 Å². The van der Waals surface area contributed by atoms with Crippen LogP contribution in [0.15, 0.2) is 30.3 Å². The highest BCUT2D eigenvalue weighted by molar-refractivity contribution is 5.14. The minimum atomic E-state index is 0.242. The molecule has 1 aliphatic rings. The number of aryl methyl sites for hydroxylation is 1. The van der Waals surface area contributed by atoms with Crippen LogP contribution >= 0.6 is 0 Å². The van der Waals surface area contributed by atoms with Crippen LogP contribution < -0.4 is 5.32 Å². The van der Waals surface area contributed by atoms with Gasteiger partial charge in [-0.2, -0.15) is 0 Å². The third-order valence-electron chi connectivity index (χ3n) is 4.56. The monoisotopic (exact) mass is 288 g/mol. The van der Waals surface area contributed by atoms with Crippen LogP contribution in [0.4, 0.5) is 0 Å². The Balaban J connectivity index is 1.71. The van der Waals surface area contributed by atoms with Crippen LogP contribution in [0.5, 0.6) is 0 Å². The summed E-state index contributed by atoms with van der Waals surface area (Å²) in [5, 5.41) is 3.65. The number of hydrogen-bond donors (Lipinski definition) is 1. The van der Waals surface area contributed by atoms with Crippen LogP contribution in [-0.4, -0.2) is 36.1 Å². The lowest BCUT2D eigenvalue weighted by Crippen LogP contribution is -2.40. The van der Waals surface area contributed by atoms with E-state index in [0.717, 1.165) is 12.5 Å². The molecule has 21 heavy (non-hydrogen) atoms. The van der Waals surface area contributed by atoms with Crippen molar-refractivity contribution >= 4 is 0 Å². The molecular weight excluding hydrogens is 256 g/mol. The summed E-state index contributed by atoms with van der Waals surface area (Å²) in [5.74, 6) is 0.823. The fraction of sp³-hybridized carbons (Fsp3) is 0.684. The van der Waals surface area contributed by atoms with Gasteiger partial charge in [0.25, 0.3) is 0 Å². The second-order valence-electron chi connectivity index (χ2n) is 7.65. The van der Waals surface area contributed by atoms with Gasteiger partial charge in [-0.3, -0.25) is 0 Å². The molecule has 0 bridgehead atoms. The van der Waals surface area contributed by atoms with E-state index in [1.807, 2.05) is 0 Å². The van der Waals surface area contributed by atoms with E-state index in [1.54, 1.807) is 0 Å². The van der Waals surface area contributed by atoms with Crippen molar-refractivity contribution in [3.8, 4) is 0 Å². The molecule has 0 aromatic heterocycles. The Hall–Kier alpha value is -0.860. The standard InChI is InChI=1S/C19H32N2/c1-16(10-11-17-8-6-5-7-9-17)21-13-12-18(15-21)14-20-19(2,3)4/h5-9,16,18,20H,10-15H2,1-4H3. The number of nitrogens with one attached hydrogen (secondary N) is 1. The summed E-state index contributed by atoms with van der Waals surface area (Å²) in [6.45, 7) is 12.8. The summed E-state index contributed by atoms with van der Waals surface area (Å²) in [4.78, 5) is 2.68. The summed E-state index contributed by atoms with van der Waals surface area (Å²) in [6.07, 6.45) is 3.81. The molecule has 0 amide bonds. The zero-order valence-corrected chi connectivity index (χ0v) is 14.2. The first-order valence-corrected chi connectivity index (χ1v) is 8.47. The summed E-state index contributed by atoms with van der Waals surface area (Å²) in [7, 11) is 0. The molecule has 1 aromatic rings. The third-order valence-corrected chi connectivity index (χ3v) is 4.56. The van der Waals surface area contributed by atoms with E-state index in [1.165, 1.54) is 37.9 Å². The lowest BCUT2D eigenvalue weighted by molar-refractivity contribution is 0.235. The van der Waals surface area contributed by atoms with Gasteiger partial charge in [-0.15, -0.1) is 0 Å². The Kier molecular flexibility index (Phi) is 5.83. The second-order valence-corrected chi connectivity index (χ2v) is 7.65. The molecule has 0 spiro atoms. The van der Waals surface area contributed by atoms with Crippen molar-refractivity contribution in [3.63, 3.8) is 0 Å². The molecule has 2 unspecified atom stereocenters. The van der Waals surface area contributed by atoms with E-state index in [-0.39, 0.29) is 5.54 Å². The summed E-state index contributed by atoms with van der Waals surface area (Å²) in [6, 6.07) is 11.6. The highest BCUT2D eigenvalue weighted by Gasteiger charge is 2.26. The first kappa shape index (κ1) is 16.5. The number of hydrogen-bond acceptors (Lipinski definition) is 2. The molecule has 1 saturated heterocycles. The third kappa shape index (κ3) is 5.80. The van der Waals surface area contributed by atoms with Crippen molar-refractivity contribution in [3.05, 3.63) is 35.9 Å². The smallest absolute Gasteiger partial charge is 0.00966 e. The second kappa shape index (κ2) is 7.42. The summed E-state index contributed by atoms with van der Waals surface area (Å²) >= 11 is 0. The van der Waals surface area contributed by atoms with Crippen LogP contribution in [0.25, 0.3) is 0 Å². The lowest BCUT2D eigenvalue weighted by Gasteiger charge is -2.26. The first-order chi connectivity index (χ1) is 9.94. The number of rotatable bonds is 6. The van der Waals surface area contributed by atoms with E-state index < -0.39 is 0 Å². The minimum Gasteiger partial charge on any atom is -0.312 e. The maximum Gasteiger partial charge on any atom is 0.00966 e. The van der Waals surface area contributed by atoms with E-state index in [9.17, 15) is 0 Å². The van der Waals surface area contributed by atoms with Gasteiger partial charge in [0.1, 0.15) is 0 Å². The van der Waals surface area contributed by atoms with Gasteiger partial charge in [0.2, 0.25) is 0 Å². The molecule has 1 aliphatic heterocycles. The maximum absolute atomic E-state index is 3.65. The fourth-order valence-electron chi connectivity index (χ4n) is 3.08. The molecule has 1 N–H and O–H groups in total. The molecule has 2 heteroatoms. The summed E-state index contributed by atoms with van der Waals surface area (Å²) < 4.78 is 0. The molecule has 0 radical (unpaired) electrons. The van der Waals surface area contributed by atoms with Gasteiger partial charge in [-0.1, -0.05) is 30.3 Å². The van der Waals surface area contributed by atoms with Gasteiger partial charge in [0, 0.05) is 18.1 Å². The lowest BCUT2D eigenvalue weighted by atomic mass is 10.0. The van der Waals surface area contributed by atoms with Gasteiger partial charge in [0.15, 0.2) is 0 Å². The maximum atomic E-state index is 3.65. The highest BCUT2D eigenvalue weighted by Crippen LogP contribution is 2.21. The predicted molar refractivity (Wildman–Crippen MR) is 91.7 cm³/mol. The molecule has 1 fully saturated rings. The van der Waals surface area contributed by atoms with Crippen molar-refractivity contribution in [2.45, 2.75) is 58.5 Å². The Morgan fingerprint density at radius 3 is 2.62 bits per heavy atom. The molecule has 1 heterocycles. The molecule has 0 aliphatic carbocycles. The Labute approximate surface area is 130 Å². The van der Waals surface area contributed by atoms with Crippen LogP contribution in [0.3, 0.4) is 0 Å². The van der Waals surface area contributed by atoms with Gasteiger partial charge in [-0.25, -0.2) is 0 Å². The number of nitrogens with zero attached hydrogens (tertiary/aromatic N) is 1. The molecule has 2 atom stereocenters. The molecule has 2 rings (SSSR count). The van der Waals surface area contributed by atoms with Gasteiger partial charge >= 0.3 is 0 Å².